The number of carbonyl (C=O) groups excluding carboxylic acids is 1. The van der Waals surface area contributed by atoms with Crippen LogP contribution in [-0.2, 0) is 14.2 Å². The van der Waals surface area contributed by atoms with Gasteiger partial charge < -0.3 is 14.2 Å². The molecule has 2 aliphatic heterocycles. The van der Waals surface area contributed by atoms with Gasteiger partial charge >= 0.3 is 12.1 Å². The highest BCUT2D eigenvalue weighted by Crippen LogP contribution is 2.45. The maximum absolute atomic E-state index is 13.1. The van der Waals surface area contributed by atoms with Gasteiger partial charge in [0.2, 0.25) is 0 Å². The Morgan fingerprint density at radius 3 is 2.18 bits per heavy atom. The zero-order chi connectivity index (χ0) is 19.6. The summed E-state index contributed by atoms with van der Waals surface area (Å²) in [5, 5.41) is 0. The molecule has 5 heteroatoms. The Bertz CT molecular complexity index is 812. The molecular formula is C23H25NO4. The minimum Gasteiger partial charge on any atom is -0.433 e. The number of carbonyl (C=O) groups is 1. The van der Waals surface area contributed by atoms with E-state index in [0.29, 0.717) is 13.0 Å². The van der Waals surface area contributed by atoms with Crippen molar-refractivity contribution in [1.29, 1.82) is 0 Å². The van der Waals surface area contributed by atoms with Crippen LogP contribution in [0.3, 0.4) is 0 Å². The van der Waals surface area contributed by atoms with Gasteiger partial charge in [-0.1, -0.05) is 67.6 Å². The van der Waals surface area contributed by atoms with Crippen molar-refractivity contribution in [2.45, 2.75) is 44.7 Å². The summed E-state index contributed by atoms with van der Waals surface area (Å²) in [7, 11) is 0. The van der Waals surface area contributed by atoms with Crippen LogP contribution in [0.25, 0.3) is 0 Å². The van der Waals surface area contributed by atoms with Crippen LogP contribution in [0.5, 0.6) is 0 Å². The van der Waals surface area contributed by atoms with Gasteiger partial charge in [0, 0.05) is 6.42 Å². The fraction of sp³-hybridized carbons (Fsp3) is 0.348. The molecule has 2 heterocycles. The zero-order valence-corrected chi connectivity index (χ0v) is 16.2. The second kappa shape index (κ2) is 7.68. The standard InChI is InChI=1S/C23H25NO4/c1-3-19-15-16-20-23(27-19,26-4-2)28-22(25)24(20)21(17-11-7-5-8-12-17)18-13-9-6-10-14-18/h5-15,20-21H,3-4,16H2,1-2H3. The Hall–Kier alpha value is -2.79. The number of benzene rings is 2. The number of fused-ring (bicyclic) bond motifs is 1. The number of rotatable bonds is 6. The summed E-state index contributed by atoms with van der Waals surface area (Å²) in [6.07, 6.45) is 2.94. The quantitative estimate of drug-likeness (QED) is 0.709. The summed E-state index contributed by atoms with van der Waals surface area (Å²) in [6.45, 7) is 4.27. The average Bonchev–Trinajstić information content (AvgIpc) is 3.01. The first-order valence-corrected chi connectivity index (χ1v) is 9.81. The minimum absolute atomic E-state index is 0.289. The largest absolute Gasteiger partial charge is 0.433 e. The Morgan fingerprint density at radius 2 is 1.64 bits per heavy atom. The molecule has 1 fully saturated rings. The molecule has 28 heavy (non-hydrogen) atoms. The number of hydrogen-bond donors (Lipinski definition) is 0. The molecule has 2 aromatic carbocycles. The molecule has 2 atom stereocenters. The molecule has 2 aliphatic rings. The third-order valence-electron chi connectivity index (χ3n) is 5.23. The average molecular weight is 379 g/mol. The first-order valence-electron chi connectivity index (χ1n) is 9.81. The van der Waals surface area contributed by atoms with E-state index in [9.17, 15) is 4.79 Å². The normalized spacial score (nSPS) is 23.8. The van der Waals surface area contributed by atoms with Crippen LogP contribution < -0.4 is 0 Å². The Kier molecular flexibility index (Phi) is 5.09. The smallest absolute Gasteiger partial charge is 0.416 e. The Labute approximate surface area is 165 Å². The predicted octanol–water partition coefficient (Wildman–Crippen LogP) is 5.00. The SMILES string of the molecule is CCOC12OC(=O)N(C(c3ccccc3)c3ccccc3)C1CC=C(CC)O2. The molecule has 0 bridgehead atoms. The molecule has 1 saturated heterocycles. The third-order valence-corrected chi connectivity index (χ3v) is 5.23. The maximum Gasteiger partial charge on any atom is 0.416 e. The van der Waals surface area contributed by atoms with Crippen LogP contribution in [0, 0.1) is 0 Å². The van der Waals surface area contributed by atoms with Crippen LogP contribution in [-0.4, -0.2) is 29.6 Å². The molecule has 2 unspecified atom stereocenters. The lowest BCUT2D eigenvalue weighted by atomic mass is 9.94. The van der Waals surface area contributed by atoms with E-state index in [1.807, 2.05) is 80.6 Å². The second-order valence-electron chi connectivity index (χ2n) is 6.91. The molecule has 4 rings (SSSR count). The maximum atomic E-state index is 13.1. The molecule has 0 aliphatic carbocycles. The highest BCUT2D eigenvalue weighted by atomic mass is 16.9. The highest BCUT2D eigenvalue weighted by molar-refractivity contribution is 5.73. The van der Waals surface area contributed by atoms with E-state index in [1.165, 1.54) is 0 Å². The summed E-state index contributed by atoms with van der Waals surface area (Å²) in [4.78, 5) is 14.9. The lowest BCUT2D eigenvalue weighted by molar-refractivity contribution is -0.342. The van der Waals surface area contributed by atoms with Crippen molar-refractivity contribution in [3.8, 4) is 0 Å². The Balaban J connectivity index is 1.80. The first-order chi connectivity index (χ1) is 13.7. The van der Waals surface area contributed by atoms with Gasteiger partial charge in [0.15, 0.2) is 0 Å². The van der Waals surface area contributed by atoms with Crippen LogP contribution in [0.15, 0.2) is 72.5 Å². The summed E-state index contributed by atoms with van der Waals surface area (Å²) < 4.78 is 17.7. The van der Waals surface area contributed by atoms with Crippen molar-refractivity contribution in [3.05, 3.63) is 83.6 Å². The number of nitrogens with zero attached hydrogens (tertiary/aromatic N) is 1. The van der Waals surface area contributed by atoms with Crippen LogP contribution in [0.4, 0.5) is 4.79 Å². The monoisotopic (exact) mass is 379 g/mol. The fourth-order valence-corrected chi connectivity index (χ4v) is 4.00. The predicted molar refractivity (Wildman–Crippen MR) is 105 cm³/mol. The molecule has 1 amide bonds. The lowest BCUT2D eigenvalue weighted by Crippen LogP contribution is -2.51. The second-order valence-corrected chi connectivity index (χ2v) is 6.91. The molecule has 2 aromatic rings. The number of ether oxygens (including phenoxy) is 3. The van der Waals surface area contributed by atoms with Gasteiger partial charge in [-0.15, -0.1) is 0 Å². The van der Waals surface area contributed by atoms with Crippen molar-refractivity contribution in [2.24, 2.45) is 0 Å². The van der Waals surface area contributed by atoms with Crippen LogP contribution in [0.2, 0.25) is 0 Å². The van der Waals surface area contributed by atoms with Gasteiger partial charge in [-0.05, 0) is 30.5 Å². The zero-order valence-electron chi connectivity index (χ0n) is 16.2. The third kappa shape index (κ3) is 3.16. The van der Waals surface area contributed by atoms with E-state index in [1.54, 1.807) is 4.90 Å². The van der Waals surface area contributed by atoms with Crippen molar-refractivity contribution >= 4 is 6.09 Å². The van der Waals surface area contributed by atoms with E-state index in [-0.39, 0.29) is 12.1 Å². The van der Waals surface area contributed by atoms with Crippen molar-refractivity contribution in [1.82, 2.24) is 4.90 Å². The van der Waals surface area contributed by atoms with E-state index in [4.69, 9.17) is 14.2 Å². The van der Waals surface area contributed by atoms with E-state index < -0.39 is 12.1 Å². The van der Waals surface area contributed by atoms with Crippen molar-refractivity contribution in [3.63, 3.8) is 0 Å². The van der Waals surface area contributed by atoms with Crippen molar-refractivity contribution in [2.75, 3.05) is 6.61 Å². The molecule has 0 N–H and O–H groups in total. The minimum atomic E-state index is -1.40. The number of hydrogen-bond acceptors (Lipinski definition) is 4. The topological polar surface area (TPSA) is 48.0 Å². The van der Waals surface area contributed by atoms with Crippen LogP contribution in [0.1, 0.15) is 43.9 Å². The summed E-state index contributed by atoms with van der Waals surface area (Å²) >= 11 is 0. The summed E-state index contributed by atoms with van der Waals surface area (Å²) in [5.41, 5.74) is 2.03. The van der Waals surface area contributed by atoms with E-state index >= 15 is 0 Å². The van der Waals surface area contributed by atoms with E-state index in [2.05, 4.69) is 0 Å². The van der Waals surface area contributed by atoms with Gasteiger partial charge in [-0.2, -0.15) is 0 Å². The number of amides is 1. The van der Waals surface area contributed by atoms with Gasteiger partial charge in [-0.25, -0.2) is 4.79 Å². The van der Waals surface area contributed by atoms with Gasteiger partial charge in [0.1, 0.15) is 6.04 Å². The summed E-state index contributed by atoms with van der Waals surface area (Å²) in [6, 6.07) is 19.3. The fourth-order valence-electron chi connectivity index (χ4n) is 4.00. The molecule has 5 nitrogen and oxygen atoms in total. The first kappa shape index (κ1) is 18.6. The number of allylic oxidation sites excluding steroid dienone is 1. The van der Waals surface area contributed by atoms with Gasteiger partial charge in [0.05, 0.1) is 18.4 Å². The van der Waals surface area contributed by atoms with E-state index in [0.717, 1.165) is 23.3 Å². The molecule has 0 radical (unpaired) electrons. The highest BCUT2D eigenvalue weighted by Gasteiger charge is 2.61. The molecule has 0 aromatic heterocycles. The Morgan fingerprint density at radius 1 is 1.04 bits per heavy atom. The van der Waals surface area contributed by atoms with Crippen LogP contribution >= 0.6 is 0 Å². The molecular weight excluding hydrogens is 354 g/mol. The molecule has 0 spiro atoms. The van der Waals surface area contributed by atoms with Gasteiger partial charge in [0.25, 0.3) is 0 Å². The molecule has 146 valence electrons. The molecule has 0 saturated carbocycles. The lowest BCUT2D eigenvalue weighted by Gasteiger charge is -2.39. The van der Waals surface area contributed by atoms with Gasteiger partial charge in [-0.3, -0.25) is 4.90 Å². The summed E-state index contributed by atoms with van der Waals surface area (Å²) in [5.74, 6) is -0.608. The van der Waals surface area contributed by atoms with Crippen molar-refractivity contribution < 1.29 is 19.0 Å².